The summed E-state index contributed by atoms with van der Waals surface area (Å²) in [5, 5.41) is 12.0. The van der Waals surface area contributed by atoms with Crippen LogP contribution in [0.15, 0.2) is 33.3 Å². The molecule has 1 aromatic rings. The van der Waals surface area contributed by atoms with Crippen molar-refractivity contribution in [1.82, 2.24) is 5.43 Å². The van der Waals surface area contributed by atoms with E-state index in [0.717, 1.165) is 6.34 Å². The number of benzene rings is 1. The van der Waals surface area contributed by atoms with Crippen molar-refractivity contribution in [3.05, 3.63) is 34.6 Å². The van der Waals surface area contributed by atoms with Crippen LogP contribution < -0.4 is 11.2 Å². The molecule has 0 bridgehead atoms. The van der Waals surface area contributed by atoms with Gasteiger partial charge < -0.3 is 5.73 Å². The van der Waals surface area contributed by atoms with Gasteiger partial charge in [0.05, 0.1) is 6.21 Å². The van der Waals surface area contributed by atoms with Crippen molar-refractivity contribution in [2.24, 2.45) is 20.8 Å². The standard InChI is InChI=1S/C10H8ClFN6/c11-8-2-1-7(9(12)3-8)4-17-18-10(14)16-6-15-5-13/h1-4,6H,(H3,14,15,16,18)/b17-4+. The third-order valence-corrected chi connectivity index (χ3v) is 1.89. The fourth-order valence-corrected chi connectivity index (χ4v) is 1.08. The molecule has 0 saturated heterocycles. The lowest BCUT2D eigenvalue weighted by atomic mass is 10.2. The van der Waals surface area contributed by atoms with Crippen molar-refractivity contribution < 1.29 is 4.39 Å². The van der Waals surface area contributed by atoms with Crippen LogP contribution in [0.4, 0.5) is 4.39 Å². The minimum atomic E-state index is -0.505. The molecule has 3 N–H and O–H groups in total. The molecule has 0 spiro atoms. The lowest BCUT2D eigenvalue weighted by Crippen LogP contribution is -2.27. The Morgan fingerprint density at radius 3 is 3.00 bits per heavy atom. The van der Waals surface area contributed by atoms with Crippen molar-refractivity contribution in [2.75, 3.05) is 0 Å². The van der Waals surface area contributed by atoms with E-state index in [-0.39, 0.29) is 11.5 Å². The summed E-state index contributed by atoms with van der Waals surface area (Å²) in [6.45, 7) is 0. The second-order valence-electron chi connectivity index (χ2n) is 2.89. The molecular weight excluding hydrogens is 259 g/mol. The van der Waals surface area contributed by atoms with Crippen LogP contribution in [0.2, 0.25) is 5.02 Å². The summed E-state index contributed by atoms with van der Waals surface area (Å²) in [4.78, 5) is 6.67. The van der Waals surface area contributed by atoms with Crippen LogP contribution in [0.25, 0.3) is 0 Å². The van der Waals surface area contributed by atoms with Crippen molar-refractivity contribution in [1.29, 1.82) is 5.26 Å². The molecule has 1 aromatic carbocycles. The zero-order valence-corrected chi connectivity index (χ0v) is 9.76. The lowest BCUT2D eigenvalue weighted by molar-refractivity contribution is 0.626. The summed E-state index contributed by atoms with van der Waals surface area (Å²) >= 11 is 5.59. The molecule has 0 aliphatic heterocycles. The van der Waals surface area contributed by atoms with Gasteiger partial charge in [-0.3, -0.25) is 0 Å². The van der Waals surface area contributed by atoms with Gasteiger partial charge in [-0.15, -0.1) is 0 Å². The van der Waals surface area contributed by atoms with E-state index >= 15 is 0 Å². The van der Waals surface area contributed by atoms with E-state index < -0.39 is 5.82 Å². The Morgan fingerprint density at radius 1 is 1.56 bits per heavy atom. The van der Waals surface area contributed by atoms with Crippen LogP contribution in [-0.2, 0) is 0 Å². The predicted octanol–water partition coefficient (Wildman–Crippen LogP) is 1.23. The number of rotatable bonds is 3. The van der Waals surface area contributed by atoms with Crippen LogP contribution in [0, 0.1) is 17.3 Å². The Balaban J connectivity index is 2.63. The molecule has 0 heterocycles. The smallest absolute Gasteiger partial charge is 0.215 e. The minimum absolute atomic E-state index is 0.0837. The fourth-order valence-electron chi connectivity index (χ4n) is 0.920. The molecule has 0 atom stereocenters. The van der Waals surface area contributed by atoms with Crippen LogP contribution >= 0.6 is 11.6 Å². The molecule has 92 valence electrons. The third-order valence-electron chi connectivity index (χ3n) is 1.66. The molecule has 8 heteroatoms. The maximum Gasteiger partial charge on any atom is 0.215 e. The average molecular weight is 267 g/mol. The Labute approximate surface area is 107 Å². The molecule has 0 saturated carbocycles. The highest BCUT2D eigenvalue weighted by molar-refractivity contribution is 6.30. The third kappa shape index (κ3) is 4.59. The highest BCUT2D eigenvalue weighted by Gasteiger charge is 1.99. The highest BCUT2D eigenvalue weighted by atomic mass is 35.5. The van der Waals surface area contributed by atoms with Gasteiger partial charge in [0.15, 0.2) is 0 Å². The van der Waals surface area contributed by atoms with Crippen molar-refractivity contribution in [3.63, 3.8) is 0 Å². The minimum Gasteiger partial charge on any atom is -0.368 e. The Kier molecular flexibility index (Phi) is 5.28. The predicted molar refractivity (Wildman–Crippen MR) is 67.9 cm³/mol. The first-order valence-corrected chi connectivity index (χ1v) is 4.99. The topological polar surface area (TPSA) is 98.9 Å². The largest absolute Gasteiger partial charge is 0.368 e. The average Bonchev–Trinajstić information content (AvgIpc) is 2.32. The molecule has 1 rings (SSSR count). The molecule has 0 aliphatic carbocycles. The van der Waals surface area contributed by atoms with Crippen molar-refractivity contribution in [2.45, 2.75) is 0 Å². The monoisotopic (exact) mass is 266 g/mol. The SMILES string of the molecule is N#CN=CN=C(N)N/N=C/c1ccc(Cl)cc1F. The molecule has 18 heavy (non-hydrogen) atoms. The first-order chi connectivity index (χ1) is 8.63. The molecule has 0 fully saturated rings. The summed E-state index contributed by atoms with van der Waals surface area (Å²) in [6.07, 6.45) is 3.67. The number of nitrogens with one attached hydrogen (secondary N) is 1. The number of hydrogen-bond acceptors (Lipinski definition) is 3. The fraction of sp³-hybridized carbons (Fsp3) is 0. The second kappa shape index (κ2) is 6.98. The van der Waals surface area contributed by atoms with Crippen LogP contribution in [0.3, 0.4) is 0 Å². The summed E-state index contributed by atoms with van der Waals surface area (Å²) in [6, 6.07) is 4.16. The van der Waals surface area contributed by atoms with E-state index in [1.165, 1.54) is 30.6 Å². The number of nitriles is 1. The quantitative estimate of drug-likeness (QED) is 0.372. The lowest BCUT2D eigenvalue weighted by Gasteiger charge is -1.98. The van der Waals surface area contributed by atoms with Crippen molar-refractivity contribution in [3.8, 4) is 6.19 Å². The number of hydrogen-bond donors (Lipinski definition) is 2. The van der Waals surface area contributed by atoms with E-state index in [1.807, 2.05) is 0 Å². The van der Waals surface area contributed by atoms with Gasteiger partial charge >= 0.3 is 0 Å². The molecule has 0 radical (unpaired) electrons. The molecule has 0 amide bonds. The van der Waals surface area contributed by atoms with Gasteiger partial charge in [-0.05, 0) is 18.2 Å². The number of halogens is 2. The molecule has 0 aliphatic rings. The van der Waals surface area contributed by atoms with Crippen molar-refractivity contribution >= 4 is 30.1 Å². The Hall–Kier alpha value is -2.46. The van der Waals surface area contributed by atoms with E-state index in [0.29, 0.717) is 5.02 Å². The molecule has 0 unspecified atom stereocenters. The Morgan fingerprint density at radius 2 is 2.33 bits per heavy atom. The van der Waals surface area contributed by atoms with E-state index in [2.05, 4.69) is 20.5 Å². The molecular formula is C10H8ClFN6. The van der Waals surface area contributed by atoms with Crippen LogP contribution in [0.5, 0.6) is 0 Å². The zero-order valence-electron chi connectivity index (χ0n) is 9.01. The van der Waals surface area contributed by atoms with Gasteiger partial charge in [-0.1, -0.05) is 11.6 Å². The van der Waals surface area contributed by atoms with E-state index in [1.54, 1.807) is 0 Å². The maximum absolute atomic E-state index is 13.3. The van der Waals surface area contributed by atoms with E-state index in [9.17, 15) is 4.39 Å². The number of hydrazone groups is 1. The number of nitrogens with zero attached hydrogens (tertiary/aromatic N) is 4. The zero-order chi connectivity index (χ0) is 13.4. The van der Waals surface area contributed by atoms with Gasteiger partial charge in [0.1, 0.15) is 12.2 Å². The second-order valence-corrected chi connectivity index (χ2v) is 3.33. The van der Waals surface area contributed by atoms with Crippen LogP contribution in [-0.4, -0.2) is 18.5 Å². The first-order valence-electron chi connectivity index (χ1n) is 4.61. The summed E-state index contributed by atoms with van der Waals surface area (Å²) in [5.74, 6) is -0.589. The van der Waals surface area contributed by atoms with Gasteiger partial charge in [-0.2, -0.15) is 15.4 Å². The molecule has 6 nitrogen and oxygen atoms in total. The first kappa shape index (κ1) is 13.6. The van der Waals surface area contributed by atoms with E-state index in [4.69, 9.17) is 22.6 Å². The number of guanidine groups is 1. The Bertz CT molecular complexity index is 546. The van der Waals surface area contributed by atoms with Gasteiger partial charge in [0, 0.05) is 10.6 Å². The van der Waals surface area contributed by atoms with Gasteiger partial charge in [-0.25, -0.2) is 14.8 Å². The normalized spacial score (nSPS) is 11.9. The highest BCUT2D eigenvalue weighted by Crippen LogP contribution is 2.12. The van der Waals surface area contributed by atoms with Gasteiger partial charge in [0.2, 0.25) is 12.2 Å². The summed E-state index contributed by atoms with van der Waals surface area (Å²) in [7, 11) is 0. The van der Waals surface area contributed by atoms with Gasteiger partial charge in [0.25, 0.3) is 0 Å². The summed E-state index contributed by atoms with van der Waals surface area (Å²) in [5.41, 5.74) is 7.92. The number of nitrogens with two attached hydrogens (primary N) is 1. The molecule has 0 aromatic heterocycles. The maximum atomic E-state index is 13.3. The van der Waals surface area contributed by atoms with Crippen LogP contribution in [0.1, 0.15) is 5.56 Å². The summed E-state index contributed by atoms with van der Waals surface area (Å²) < 4.78 is 13.3. The number of aliphatic imine (C=N–C) groups is 2.